The molecule has 23 heavy (non-hydrogen) atoms. The maximum atomic E-state index is 11.9. The van der Waals surface area contributed by atoms with E-state index in [0.29, 0.717) is 10.6 Å². The Hall–Kier alpha value is -2.40. The summed E-state index contributed by atoms with van der Waals surface area (Å²) in [6.45, 7) is 2.13. The highest BCUT2D eigenvalue weighted by Crippen LogP contribution is 2.09. The number of benzene rings is 1. The van der Waals surface area contributed by atoms with Gasteiger partial charge in [0.25, 0.3) is 5.91 Å². The number of hydrogen-bond donors (Lipinski definition) is 2. The largest absolute Gasteiger partial charge is 0.352 e. The van der Waals surface area contributed by atoms with Crippen LogP contribution in [-0.2, 0) is 4.79 Å². The maximum absolute atomic E-state index is 11.9. The molecule has 0 bridgehead atoms. The summed E-state index contributed by atoms with van der Waals surface area (Å²) in [5.74, 6) is -0.369. The molecule has 1 aromatic heterocycles. The quantitative estimate of drug-likeness (QED) is 0.855. The Bertz CT molecular complexity index is 659. The predicted octanol–water partition coefficient (Wildman–Crippen LogP) is 2.73. The van der Waals surface area contributed by atoms with Crippen LogP contribution in [0.3, 0.4) is 0 Å². The average Bonchev–Trinajstić information content (AvgIpc) is 2.56. The van der Waals surface area contributed by atoms with Gasteiger partial charge in [-0.3, -0.25) is 14.6 Å². The van der Waals surface area contributed by atoms with Crippen LogP contribution < -0.4 is 10.6 Å². The van der Waals surface area contributed by atoms with Crippen molar-refractivity contribution in [3.63, 3.8) is 0 Å². The van der Waals surface area contributed by atoms with Gasteiger partial charge in [-0.05, 0) is 43.3 Å². The number of carbonyl (C=O) groups is 2. The van der Waals surface area contributed by atoms with E-state index in [4.69, 9.17) is 11.6 Å². The van der Waals surface area contributed by atoms with Gasteiger partial charge in [0.1, 0.15) is 0 Å². The topological polar surface area (TPSA) is 71.1 Å². The summed E-state index contributed by atoms with van der Waals surface area (Å²) in [7, 11) is 0. The van der Waals surface area contributed by atoms with Crippen molar-refractivity contribution < 1.29 is 9.59 Å². The van der Waals surface area contributed by atoms with Crippen molar-refractivity contribution in [2.24, 2.45) is 0 Å². The molecule has 1 atom stereocenters. The van der Waals surface area contributed by atoms with Crippen LogP contribution in [0.4, 0.5) is 0 Å². The number of pyridine rings is 1. The van der Waals surface area contributed by atoms with Gasteiger partial charge < -0.3 is 10.6 Å². The van der Waals surface area contributed by atoms with Gasteiger partial charge in [0.2, 0.25) is 5.91 Å². The molecule has 0 aliphatic carbocycles. The Balaban J connectivity index is 1.74. The molecule has 5 nitrogen and oxygen atoms in total. The molecule has 2 N–H and O–H groups in total. The fourth-order valence-electron chi connectivity index (χ4n) is 2.01. The third-order valence-corrected chi connectivity index (χ3v) is 3.50. The number of rotatable bonds is 6. The van der Waals surface area contributed by atoms with Gasteiger partial charge >= 0.3 is 0 Å². The fourth-order valence-corrected chi connectivity index (χ4v) is 2.14. The first-order valence-electron chi connectivity index (χ1n) is 7.30. The van der Waals surface area contributed by atoms with Crippen LogP contribution in [0.15, 0.2) is 48.7 Å². The van der Waals surface area contributed by atoms with Crippen LogP contribution in [0.25, 0.3) is 0 Å². The average molecular weight is 332 g/mol. The molecule has 1 unspecified atom stereocenters. The predicted molar refractivity (Wildman–Crippen MR) is 89.2 cm³/mol. The Morgan fingerprint density at radius 3 is 2.57 bits per heavy atom. The van der Waals surface area contributed by atoms with Crippen molar-refractivity contribution in [3.8, 4) is 0 Å². The molecule has 2 rings (SSSR count). The molecule has 0 spiro atoms. The lowest BCUT2D eigenvalue weighted by molar-refractivity contribution is -0.121. The van der Waals surface area contributed by atoms with E-state index in [1.165, 1.54) is 0 Å². The van der Waals surface area contributed by atoms with Crippen molar-refractivity contribution in [3.05, 3.63) is 64.9 Å². The van der Waals surface area contributed by atoms with Crippen LogP contribution in [0.5, 0.6) is 0 Å². The molecule has 0 radical (unpaired) electrons. The molecule has 1 aromatic carbocycles. The Morgan fingerprint density at radius 2 is 1.91 bits per heavy atom. The van der Waals surface area contributed by atoms with Gasteiger partial charge in [-0.1, -0.05) is 17.7 Å². The van der Waals surface area contributed by atoms with Crippen molar-refractivity contribution >= 4 is 23.4 Å². The maximum Gasteiger partial charge on any atom is 0.251 e. The van der Waals surface area contributed by atoms with Crippen molar-refractivity contribution in [1.29, 1.82) is 0 Å². The van der Waals surface area contributed by atoms with Gasteiger partial charge in [0.15, 0.2) is 0 Å². The second kappa shape index (κ2) is 8.29. The summed E-state index contributed by atoms with van der Waals surface area (Å²) in [5, 5.41) is 6.12. The summed E-state index contributed by atoms with van der Waals surface area (Å²) < 4.78 is 0. The third kappa shape index (κ3) is 5.38. The van der Waals surface area contributed by atoms with E-state index < -0.39 is 0 Å². The van der Waals surface area contributed by atoms with Gasteiger partial charge in [-0.2, -0.15) is 0 Å². The number of amides is 2. The first-order valence-corrected chi connectivity index (χ1v) is 7.68. The molecular formula is C17H18ClN3O2. The number of halogens is 1. The number of aromatic nitrogens is 1. The fraction of sp³-hybridized carbons (Fsp3) is 0.235. The standard InChI is InChI=1S/C17H18ClN3O2/c1-12(15-4-2-3-10-19-15)21-16(22)9-11-20-17(23)13-5-7-14(18)8-6-13/h2-8,10,12H,9,11H2,1H3,(H,20,23)(H,21,22). The highest BCUT2D eigenvalue weighted by Gasteiger charge is 2.11. The Labute approximate surface area is 140 Å². The van der Waals surface area contributed by atoms with Crippen molar-refractivity contribution in [1.82, 2.24) is 15.6 Å². The summed E-state index contributed by atoms with van der Waals surface area (Å²) in [6.07, 6.45) is 1.89. The number of nitrogens with zero attached hydrogens (tertiary/aromatic N) is 1. The SMILES string of the molecule is CC(NC(=O)CCNC(=O)c1ccc(Cl)cc1)c1ccccn1. The summed E-state index contributed by atoms with van der Waals surface area (Å²) in [6, 6.07) is 12.0. The molecule has 0 aliphatic rings. The molecule has 0 fully saturated rings. The molecule has 0 saturated heterocycles. The molecule has 2 amide bonds. The van der Waals surface area contributed by atoms with Crippen molar-refractivity contribution in [2.75, 3.05) is 6.54 Å². The molecule has 120 valence electrons. The van der Waals surface area contributed by atoms with E-state index >= 15 is 0 Å². The number of hydrogen-bond acceptors (Lipinski definition) is 3. The van der Waals surface area contributed by atoms with Crippen LogP contribution in [0.1, 0.15) is 35.4 Å². The lowest BCUT2D eigenvalue weighted by Gasteiger charge is -2.13. The molecule has 1 heterocycles. The number of carbonyl (C=O) groups excluding carboxylic acids is 2. The molecule has 0 aliphatic heterocycles. The number of nitrogens with one attached hydrogen (secondary N) is 2. The zero-order chi connectivity index (χ0) is 16.7. The van der Waals surface area contributed by atoms with E-state index in [-0.39, 0.29) is 30.8 Å². The minimum atomic E-state index is -0.229. The molecular weight excluding hydrogens is 314 g/mol. The minimum Gasteiger partial charge on any atom is -0.352 e. The summed E-state index contributed by atoms with van der Waals surface area (Å²) >= 11 is 5.77. The zero-order valence-electron chi connectivity index (χ0n) is 12.8. The van der Waals surface area contributed by atoms with Gasteiger partial charge in [-0.15, -0.1) is 0 Å². The van der Waals surface area contributed by atoms with Crippen LogP contribution in [0.2, 0.25) is 5.02 Å². The van der Waals surface area contributed by atoms with E-state index in [1.54, 1.807) is 30.5 Å². The van der Waals surface area contributed by atoms with Gasteiger partial charge in [0, 0.05) is 29.7 Å². The van der Waals surface area contributed by atoms with E-state index in [0.717, 1.165) is 5.69 Å². The second-order valence-corrected chi connectivity index (χ2v) is 5.49. The highest BCUT2D eigenvalue weighted by atomic mass is 35.5. The van der Waals surface area contributed by atoms with Gasteiger partial charge in [0.05, 0.1) is 11.7 Å². The second-order valence-electron chi connectivity index (χ2n) is 5.06. The lowest BCUT2D eigenvalue weighted by atomic mass is 10.2. The summed E-state index contributed by atoms with van der Waals surface area (Å²) in [5.41, 5.74) is 1.31. The van der Waals surface area contributed by atoms with E-state index in [9.17, 15) is 9.59 Å². The zero-order valence-corrected chi connectivity index (χ0v) is 13.5. The Kier molecular flexibility index (Phi) is 6.11. The minimum absolute atomic E-state index is 0.139. The highest BCUT2D eigenvalue weighted by molar-refractivity contribution is 6.30. The molecule has 2 aromatic rings. The first kappa shape index (κ1) is 17.0. The first-order chi connectivity index (χ1) is 11.1. The van der Waals surface area contributed by atoms with Crippen LogP contribution in [0, 0.1) is 0 Å². The van der Waals surface area contributed by atoms with Crippen LogP contribution >= 0.6 is 11.6 Å². The smallest absolute Gasteiger partial charge is 0.251 e. The molecule has 0 saturated carbocycles. The van der Waals surface area contributed by atoms with Crippen molar-refractivity contribution in [2.45, 2.75) is 19.4 Å². The normalized spacial score (nSPS) is 11.6. The van der Waals surface area contributed by atoms with Crippen LogP contribution in [-0.4, -0.2) is 23.3 Å². The van der Waals surface area contributed by atoms with E-state index in [1.807, 2.05) is 25.1 Å². The van der Waals surface area contributed by atoms with Gasteiger partial charge in [-0.25, -0.2) is 0 Å². The molecule has 6 heteroatoms. The third-order valence-electron chi connectivity index (χ3n) is 3.25. The lowest BCUT2D eigenvalue weighted by Crippen LogP contribution is -2.32. The Morgan fingerprint density at radius 1 is 1.17 bits per heavy atom. The van der Waals surface area contributed by atoms with E-state index in [2.05, 4.69) is 15.6 Å². The monoisotopic (exact) mass is 331 g/mol. The summed E-state index contributed by atoms with van der Waals surface area (Å²) in [4.78, 5) is 28.0.